The van der Waals surface area contributed by atoms with E-state index in [-0.39, 0.29) is 24.2 Å². The predicted molar refractivity (Wildman–Crippen MR) is 70.8 cm³/mol. The number of carboxylic acid groups (broad SMARTS) is 1. The second-order valence-corrected chi connectivity index (χ2v) is 4.94. The number of amides is 2. The number of hydrogen-bond acceptors (Lipinski definition) is 2. The van der Waals surface area contributed by atoms with Gasteiger partial charge in [-0.05, 0) is 18.1 Å². The van der Waals surface area contributed by atoms with E-state index in [1.54, 1.807) is 23.1 Å². The molecule has 6 heteroatoms. The standard InChI is InChI=1S/C14H17FN2O3/c15-12-4-2-1-3-11(12)5-6-16-14(20)17-8-10(9-17)7-13(18)19/h1-4,10H,5-9H2,(H,16,20)(H,18,19). The minimum absolute atomic E-state index is 0.0461. The molecule has 2 rings (SSSR count). The Balaban J connectivity index is 1.67. The van der Waals surface area contributed by atoms with Gasteiger partial charge in [0, 0.05) is 25.6 Å². The second-order valence-electron chi connectivity index (χ2n) is 4.94. The van der Waals surface area contributed by atoms with Crippen molar-refractivity contribution in [3.63, 3.8) is 0 Å². The lowest BCUT2D eigenvalue weighted by Gasteiger charge is -2.38. The number of carbonyl (C=O) groups excluding carboxylic acids is 1. The van der Waals surface area contributed by atoms with Gasteiger partial charge in [0.25, 0.3) is 0 Å². The predicted octanol–water partition coefficient (Wildman–Crippen LogP) is 1.48. The van der Waals surface area contributed by atoms with E-state index in [4.69, 9.17) is 5.11 Å². The molecule has 1 aliphatic rings. The molecular weight excluding hydrogens is 263 g/mol. The smallest absolute Gasteiger partial charge is 0.317 e. The average molecular weight is 280 g/mol. The van der Waals surface area contributed by atoms with Gasteiger partial charge in [-0.3, -0.25) is 4.79 Å². The molecule has 0 aliphatic carbocycles. The van der Waals surface area contributed by atoms with Crippen molar-refractivity contribution < 1.29 is 19.1 Å². The molecule has 0 aromatic heterocycles. The zero-order chi connectivity index (χ0) is 14.5. The number of nitrogens with zero attached hydrogens (tertiary/aromatic N) is 1. The van der Waals surface area contributed by atoms with Crippen molar-refractivity contribution in [3.8, 4) is 0 Å². The van der Waals surface area contributed by atoms with Crippen molar-refractivity contribution >= 4 is 12.0 Å². The van der Waals surface area contributed by atoms with Gasteiger partial charge < -0.3 is 15.3 Å². The fourth-order valence-electron chi connectivity index (χ4n) is 2.23. The van der Waals surface area contributed by atoms with Crippen molar-refractivity contribution in [1.29, 1.82) is 0 Å². The van der Waals surface area contributed by atoms with Gasteiger partial charge in [0.1, 0.15) is 5.82 Å². The molecule has 20 heavy (non-hydrogen) atoms. The summed E-state index contributed by atoms with van der Waals surface area (Å²) in [6, 6.07) is 6.24. The van der Waals surface area contributed by atoms with Crippen LogP contribution in [-0.2, 0) is 11.2 Å². The highest BCUT2D eigenvalue weighted by molar-refractivity contribution is 5.75. The SMILES string of the molecule is O=C(O)CC1CN(C(=O)NCCc2ccccc2F)C1. The number of carboxylic acids is 1. The molecule has 5 nitrogen and oxygen atoms in total. The lowest BCUT2D eigenvalue weighted by atomic mass is 9.97. The average Bonchev–Trinajstić information content (AvgIpc) is 2.35. The summed E-state index contributed by atoms with van der Waals surface area (Å²) < 4.78 is 13.3. The van der Waals surface area contributed by atoms with E-state index in [2.05, 4.69) is 5.32 Å². The summed E-state index contributed by atoms with van der Waals surface area (Å²) in [6.45, 7) is 1.30. The van der Waals surface area contributed by atoms with Crippen LogP contribution in [0.15, 0.2) is 24.3 Å². The minimum Gasteiger partial charge on any atom is -0.481 e. The van der Waals surface area contributed by atoms with E-state index < -0.39 is 5.97 Å². The van der Waals surface area contributed by atoms with E-state index >= 15 is 0 Å². The lowest BCUT2D eigenvalue weighted by Crippen LogP contribution is -2.54. The first kappa shape index (κ1) is 14.3. The maximum Gasteiger partial charge on any atom is 0.317 e. The first-order valence-corrected chi connectivity index (χ1v) is 6.54. The molecule has 0 radical (unpaired) electrons. The van der Waals surface area contributed by atoms with Crippen molar-refractivity contribution in [3.05, 3.63) is 35.6 Å². The van der Waals surface area contributed by atoms with Crippen LogP contribution in [0.2, 0.25) is 0 Å². The number of likely N-dealkylation sites (tertiary alicyclic amines) is 1. The van der Waals surface area contributed by atoms with Crippen LogP contribution in [0.5, 0.6) is 0 Å². The van der Waals surface area contributed by atoms with Crippen molar-refractivity contribution in [1.82, 2.24) is 10.2 Å². The van der Waals surface area contributed by atoms with Crippen LogP contribution in [0.4, 0.5) is 9.18 Å². The molecule has 0 bridgehead atoms. The summed E-state index contributed by atoms with van der Waals surface area (Å²) >= 11 is 0. The summed E-state index contributed by atoms with van der Waals surface area (Å²) in [5, 5.41) is 11.3. The van der Waals surface area contributed by atoms with Gasteiger partial charge in [0.15, 0.2) is 0 Å². The molecule has 108 valence electrons. The number of hydrogen-bond donors (Lipinski definition) is 2. The van der Waals surface area contributed by atoms with Crippen LogP contribution in [0.3, 0.4) is 0 Å². The Hall–Kier alpha value is -2.11. The topological polar surface area (TPSA) is 69.6 Å². The second kappa shape index (κ2) is 6.36. The molecule has 1 aromatic rings. The van der Waals surface area contributed by atoms with Crippen LogP contribution in [0.1, 0.15) is 12.0 Å². The number of carbonyl (C=O) groups is 2. The fraction of sp³-hybridized carbons (Fsp3) is 0.429. The molecule has 1 heterocycles. The Morgan fingerprint density at radius 3 is 2.70 bits per heavy atom. The number of halogens is 1. The van der Waals surface area contributed by atoms with E-state index in [0.717, 1.165) is 0 Å². The van der Waals surface area contributed by atoms with Crippen LogP contribution < -0.4 is 5.32 Å². The zero-order valence-electron chi connectivity index (χ0n) is 11.0. The van der Waals surface area contributed by atoms with Gasteiger partial charge in [0.2, 0.25) is 0 Å². The quantitative estimate of drug-likeness (QED) is 0.858. The number of nitrogens with one attached hydrogen (secondary N) is 1. The molecule has 2 N–H and O–H groups in total. The summed E-state index contributed by atoms with van der Waals surface area (Å²) in [5.74, 6) is -1.06. The Morgan fingerprint density at radius 2 is 2.05 bits per heavy atom. The molecule has 1 saturated heterocycles. The summed E-state index contributed by atoms with van der Waals surface area (Å²) in [5.41, 5.74) is 0.570. The third-order valence-electron chi connectivity index (χ3n) is 3.34. The van der Waals surface area contributed by atoms with E-state index in [1.807, 2.05) is 0 Å². The minimum atomic E-state index is -0.838. The van der Waals surface area contributed by atoms with Gasteiger partial charge in [0.05, 0.1) is 6.42 Å². The molecule has 1 fully saturated rings. The third-order valence-corrected chi connectivity index (χ3v) is 3.34. The Morgan fingerprint density at radius 1 is 1.35 bits per heavy atom. The summed E-state index contributed by atoms with van der Waals surface area (Å²) in [7, 11) is 0. The maximum atomic E-state index is 13.3. The van der Waals surface area contributed by atoms with Crippen LogP contribution in [-0.4, -0.2) is 41.6 Å². The number of urea groups is 1. The van der Waals surface area contributed by atoms with Crippen molar-refractivity contribution in [2.24, 2.45) is 5.92 Å². The third kappa shape index (κ3) is 3.69. The van der Waals surface area contributed by atoms with Crippen molar-refractivity contribution in [2.45, 2.75) is 12.8 Å². The molecule has 0 unspecified atom stereocenters. The normalized spacial score (nSPS) is 14.8. The van der Waals surface area contributed by atoms with E-state index in [0.29, 0.717) is 31.6 Å². The highest BCUT2D eigenvalue weighted by Gasteiger charge is 2.31. The number of rotatable bonds is 5. The highest BCUT2D eigenvalue weighted by Crippen LogP contribution is 2.18. The molecule has 1 aliphatic heterocycles. The zero-order valence-corrected chi connectivity index (χ0v) is 11.0. The highest BCUT2D eigenvalue weighted by atomic mass is 19.1. The summed E-state index contributed by atoms with van der Waals surface area (Å²) in [4.78, 5) is 23.8. The first-order chi connectivity index (χ1) is 9.56. The number of benzene rings is 1. The van der Waals surface area contributed by atoms with Crippen molar-refractivity contribution in [2.75, 3.05) is 19.6 Å². The summed E-state index contributed by atoms with van der Waals surface area (Å²) in [6.07, 6.45) is 0.532. The Kier molecular flexibility index (Phi) is 4.55. The van der Waals surface area contributed by atoms with Crippen LogP contribution in [0, 0.1) is 11.7 Å². The molecule has 0 spiro atoms. The maximum absolute atomic E-state index is 13.3. The van der Waals surface area contributed by atoms with Gasteiger partial charge in [-0.25, -0.2) is 9.18 Å². The van der Waals surface area contributed by atoms with Gasteiger partial charge in [-0.1, -0.05) is 18.2 Å². The molecule has 0 saturated carbocycles. The monoisotopic (exact) mass is 280 g/mol. The first-order valence-electron chi connectivity index (χ1n) is 6.54. The Bertz CT molecular complexity index is 501. The van der Waals surface area contributed by atoms with Crippen LogP contribution >= 0.6 is 0 Å². The molecule has 2 amide bonds. The van der Waals surface area contributed by atoms with Gasteiger partial charge in [-0.2, -0.15) is 0 Å². The molecular formula is C14H17FN2O3. The Labute approximate surface area is 116 Å². The fourth-order valence-corrected chi connectivity index (χ4v) is 2.23. The lowest BCUT2D eigenvalue weighted by molar-refractivity contribution is -0.139. The van der Waals surface area contributed by atoms with E-state index in [1.165, 1.54) is 6.07 Å². The largest absolute Gasteiger partial charge is 0.481 e. The molecule has 0 atom stereocenters. The van der Waals surface area contributed by atoms with Gasteiger partial charge >= 0.3 is 12.0 Å². The van der Waals surface area contributed by atoms with Gasteiger partial charge in [-0.15, -0.1) is 0 Å². The molecule has 1 aromatic carbocycles. The van der Waals surface area contributed by atoms with E-state index in [9.17, 15) is 14.0 Å². The number of aliphatic carboxylic acids is 1. The van der Waals surface area contributed by atoms with Crippen LogP contribution in [0.25, 0.3) is 0 Å².